The number of para-hydroxylation sites is 1. The molecule has 0 atom stereocenters. The van der Waals surface area contributed by atoms with Crippen molar-refractivity contribution in [1.82, 2.24) is 4.90 Å². The molecule has 158 valence electrons. The Labute approximate surface area is 177 Å². The molecule has 3 aromatic rings. The number of imide groups is 1. The van der Waals surface area contributed by atoms with Crippen molar-refractivity contribution in [2.75, 3.05) is 6.54 Å². The number of pyridine rings is 1. The van der Waals surface area contributed by atoms with E-state index >= 15 is 0 Å². The normalized spacial score (nSPS) is 10.6. The Balaban J connectivity index is 2.15. The molecule has 2 aromatic carbocycles. The molecule has 0 spiro atoms. The standard InChI is InChI=1S/C22H19N3O6/c1-13(2)12-24(22(28)29)21(27)19-20(26)16-9-8-15(31-14-6-4-3-5-7-14)10-17(16)18(11-23)25(19)30/h3-10,13,26H,12H2,1-2H3,(H,28,29). The quantitative estimate of drug-likeness (QED) is 0.474. The minimum absolute atomic E-state index is 0.0391. The predicted molar refractivity (Wildman–Crippen MR) is 110 cm³/mol. The molecular weight excluding hydrogens is 402 g/mol. The lowest BCUT2D eigenvalue weighted by Crippen LogP contribution is -2.46. The van der Waals surface area contributed by atoms with Crippen molar-refractivity contribution in [3.8, 4) is 23.3 Å². The van der Waals surface area contributed by atoms with Gasteiger partial charge in [-0.2, -0.15) is 5.26 Å². The molecule has 0 radical (unpaired) electrons. The van der Waals surface area contributed by atoms with E-state index in [1.54, 1.807) is 44.2 Å². The fourth-order valence-electron chi connectivity index (χ4n) is 3.09. The van der Waals surface area contributed by atoms with Gasteiger partial charge in [-0.25, -0.2) is 9.69 Å². The lowest BCUT2D eigenvalue weighted by Gasteiger charge is -2.19. The van der Waals surface area contributed by atoms with Gasteiger partial charge in [-0.3, -0.25) is 4.79 Å². The number of benzene rings is 2. The van der Waals surface area contributed by atoms with E-state index in [2.05, 4.69) is 0 Å². The summed E-state index contributed by atoms with van der Waals surface area (Å²) < 4.78 is 5.66. The highest BCUT2D eigenvalue weighted by Crippen LogP contribution is 2.33. The van der Waals surface area contributed by atoms with Crippen LogP contribution < -0.4 is 9.47 Å². The summed E-state index contributed by atoms with van der Waals surface area (Å²) in [6.45, 7) is 3.21. The van der Waals surface area contributed by atoms with Gasteiger partial charge in [0, 0.05) is 11.9 Å². The van der Waals surface area contributed by atoms with E-state index in [0.717, 1.165) is 0 Å². The zero-order valence-electron chi connectivity index (χ0n) is 16.8. The second-order valence-corrected chi connectivity index (χ2v) is 7.17. The summed E-state index contributed by atoms with van der Waals surface area (Å²) >= 11 is 0. The molecule has 0 bridgehead atoms. The third-order valence-corrected chi connectivity index (χ3v) is 4.44. The second-order valence-electron chi connectivity index (χ2n) is 7.17. The van der Waals surface area contributed by atoms with Crippen LogP contribution in [0.2, 0.25) is 0 Å². The SMILES string of the molecule is CC(C)CN(C(=O)O)C(=O)c1c(O)c2ccc(Oc3ccccc3)cc2c(C#N)[n+]1[O-]. The van der Waals surface area contributed by atoms with Gasteiger partial charge in [0.25, 0.3) is 0 Å². The van der Waals surface area contributed by atoms with Crippen molar-refractivity contribution in [3.05, 3.63) is 65.1 Å². The van der Waals surface area contributed by atoms with Crippen LogP contribution in [0.4, 0.5) is 4.79 Å². The van der Waals surface area contributed by atoms with Gasteiger partial charge in [0.1, 0.15) is 11.5 Å². The highest BCUT2D eigenvalue weighted by atomic mass is 16.5. The molecule has 0 saturated heterocycles. The summed E-state index contributed by atoms with van der Waals surface area (Å²) in [5.74, 6) is -1.30. The van der Waals surface area contributed by atoms with Gasteiger partial charge in [0.2, 0.25) is 5.75 Å². The highest BCUT2D eigenvalue weighted by molar-refractivity contribution is 6.06. The van der Waals surface area contributed by atoms with Gasteiger partial charge >= 0.3 is 23.4 Å². The topological polar surface area (TPSA) is 138 Å². The number of ether oxygens (including phenoxy) is 1. The summed E-state index contributed by atoms with van der Waals surface area (Å²) in [7, 11) is 0. The third-order valence-electron chi connectivity index (χ3n) is 4.44. The maximum atomic E-state index is 12.8. The minimum Gasteiger partial charge on any atom is -0.617 e. The zero-order valence-corrected chi connectivity index (χ0v) is 16.8. The van der Waals surface area contributed by atoms with Crippen molar-refractivity contribution in [2.45, 2.75) is 13.8 Å². The number of carboxylic acid groups (broad SMARTS) is 1. The van der Waals surface area contributed by atoms with Crippen LogP contribution in [-0.2, 0) is 0 Å². The zero-order chi connectivity index (χ0) is 22.7. The Morgan fingerprint density at radius 2 is 1.84 bits per heavy atom. The molecule has 9 heteroatoms. The number of amides is 2. The van der Waals surface area contributed by atoms with Crippen LogP contribution in [0.5, 0.6) is 17.2 Å². The average Bonchev–Trinajstić information content (AvgIpc) is 2.72. The van der Waals surface area contributed by atoms with Crippen molar-refractivity contribution >= 4 is 22.8 Å². The summed E-state index contributed by atoms with van der Waals surface area (Å²) in [5.41, 5.74) is -1.30. The van der Waals surface area contributed by atoms with E-state index in [1.807, 2.05) is 6.07 Å². The first-order chi connectivity index (χ1) is 14.7. The van der Waals surface area contributed by atoms with Gasteiger partial charge in [-0.1, -0.05) is 32.0 Å². The average molecular weight is 421 g/mol. The first kappa shape index (κ1) is 21.4. The molecule has 0 fully saturated rings. The number of hydrogen-bond donors (Lipinski definition) is 2. The number of aromatic hydroxyl groups is 1. The number of nitriles is 1. The van der Waals surface area contributed by atoms with Crippen molar-refractivity contribution in [1.29, 1.82) is 5.26 Å². The summed E-state index contributed by atoms with van der Waals surface area (Å²) in [6.07, 6.45) is -1.57. The van der Waals surface area contributed by atoms with Crippen molar-refractivity contribution in [2.24, 2.45) is 5.92 Å². The van der Waals surface area contributed by atoms with Gasteiger partial charge in [0.15, 0.2) is 6.07 Å². The first-order valence-corrected chi connectivity index (χ1v) is 9.34. The largest absolute Gasteiger partial charge is 0.617 e. The highest BCUT2D eigenvalue weighted by Gasteiger charge is 2.35. The van der Waals surface area contributed by atoms with E-state index in [0.29, 0.717) is 16.4 Å². The monoisotopic (exact) mass is 421 g/mol. The Hall–Kier alpha value is -4.32. The van der Waals surface area contributed by atoms with Crippen LogP contribution in [0.3, 0.4) is 0 Å². The number of nitrogens with zero attached hydrogens (tertiary/aromatic N) is 3. The molecule has 0 aliphatic rings. The Morgan fingerprint density at radius 3 is 2.42 bits per heavy atom. The molecule has 9 nitrogen and oxygen atoms in total. The number of hydrogen-bond acceptors (Lipinski definition) is 6. The molecule has 31 heavy (non-hydrogen) atoms. The fourth-order valence-corrected chi connectivity index (χ4v) is 3.09. The number of carbonyl (C=O) groups excluding carboxylic acids is 1. The van der Waals surface area contributed by atoms with Gasteiger partial charge < -0.3 is 20.2 Å². The van der Waals surface area contributed by atoms with E-state index in [9.17, 15) is 30.3 Å². The molecule has 0 aliphatic heterocycles. The lowest BCUT2D eigenvalue weighted by atomic mass is 10.1. The maximum absolute atomic E-state index is 12.8. The molecule has 0 unspecified atom stereocenters. The van der Waals surface area contributed by atoms with Crippen LogP contribution in [0, 0.1) is 22.5 Å². The van der Waals surface area contributed by atoms with E-state index in [1.165, 1.54) is 18.2 Å². The molecule has 1 heterocycles. The van der Waals surface area contributed by atoms with E-state index in [4.69, 9.17) is 4.74 Å². The fraction of sp³-hybridized carbons (Fsp3) is 0.182. The van der Waals surface area contributed by atoms with Crippen LogP contribution in [0.15, 0.2) is 48.5 Å². The third kappa shape index (κ3) is 4.18. The Morgan fingerprint density at radius 1 is 1.16 bits per heavy atom. The van der Waals surface area contributed by atoms with Crippen LogP contribution in [-0.4, -0.2) is 33.7 Å². The van der Waals surface area contributed by atoms with Crippen LogP contribution in [0.1, 0.15) is 30.0 Å². The molecule has 2 amide bonds. The molecule has 1 aromatic heterocycles. The number of aromatic nitrogens is 1. The molecule has 3 rings (SSSR count). The number of carbonyl (C=O) groups is 2. The van der Waals surface area contributed by atoms with Gasteiger partial charge in [-0.05, 0) is 36.2 Å². The van der Waals surface area contributed by atoms with Crippen LogP contribution >= 0.6 is 0 Å². The molecule has 0 aliphatic carbocycles. The van der Waals surface area contributed by atoms with Crippen molar-refractivity contribution in [3.63, 3.8) is 0 Å². The smallest absolute Gasteiger partial charge is 0.414 e. The van der Waals surface area contributed by atoms with Crippen LogP contribution in [0.25, 0.3) is 10.8 Å². The Kier molecular flexibility index (Phi) is 5.93. The lowest BCUT2D eigenvalue weighted by molar-refractivity contribution is -0.609. The molecular formula is C22H19N3O6. The van der Waals surface area contributed by atoms with E-state index in [-0.39, 0.29) is 28.0 Å². The minimum atomic E-state index is -1.57. The van der Waals surface area contributed by atoms with E-state index < -0.39 is 29.1 Å². The summed E-state index contributed by atoms with van der Waals surface area (Å²) in [4.78, 5) is 24.8. The van der Waals surface area contributed by atoms with Crippen molar-refractivity contribution < 1.29 is 29.3 Å². The Bertz CT molecular complexity index is 1200. The number of rotatable bonds is 5. The van der Waals surface area contributed by atoms with Gasteiger partial charge in [-0.15, -0.1) is 4.73 Å². The molecule has 2 N–H and O–H groups in total. The maximum Gasteiger partial charge on any atom is 0.414 e. The second kappa shape index (κ2) is 8.59. The first-order valence-electron chi connectivity index (χ1n) is 9.34. The summed E-state index contributed by atoms with van der Waals surface area (Å²) in [5, 5.41) is 42.5. The molecule has 0 saturated carbocycles. The number of fused-ring (bicyclic) bond motifs is 1. The summed E-state index contributed by atoms with van der Waals surface area (Å²) in [6, 6.07) is 14.8. The predicted octanol–water partition coefficient (Wildman–Crippen LogP) is 3.62. The van der Waals surface area contributed by atoms with Gasteiger partial charge in [0.05, 0.1) is 5.39 Å².